The Morgan fingerprint density at radius 2 is 2.00 bits per heavy atom. The van der Waals surface area contributed by atoms with Gasteiger partial charge in [-0.1, -0.05) is 17.7 Å². The van der Waals surface area contributed by atoms with Gasteiger partial charge in [0.1, 0.15) is 5.52 Å². The molecule has 0 radical (unpaired) electrons. The van der Waals surface area contributed by atoms with Crippen LogP contribution < -0.4 is 10.9 Å². The number of nitrogens with one attached hydrogen (secondary N) is 2. The lowest BCUT2D eigenvalue weighted by atomic mass is 9.96. The van der Waals surface area contributed by atoms with E-state index in [9.17, 15) is 13.2 Å². The molecule has 29 heavy (non-hydrogen) atoms. The molecule has 0 bridgehead atoms. The fraction of sp³-hybridized carbons (Fsp3) is 0.250. The Labute approximate surface area is 168 Å². The van der Waals surface area contributed by atoms with Gasteiger partial charge in [0.05, 0.1) is 17.0 Å². The molecular weight excluding hydrogens is 390 g/mol. The zero-order valence-corrected chi connectivity index (χ0v) is 16.5. The van der Waals surface area contributed by atoms with Crippen LogP contribution in [0.2, 0.25) is 0 Å². The van der Waals surface area contributed by atoms with Gasteiger partial charge in [0.25, 0.3) is 10.0 Å². The lowest BCUT2D eigenvalue weighted by Crippen LogP contribution is -2.35. The highest BCUT2D eigenvalue weighted by molar-refractivity contribution is 7.90. The molecule has 2 aromatic heterocycles. The van der Waals surface area contributed by atoms with Gasteiger partial charge < -0.3 is 0 Å². The van der Waals surface area contributed by atoms with Crippen LogP contribution in [0.3, 0.4) is 0 Å². The number of rotatable bonds is 5. The predicted octanol–water partition coefficient (Wildman–Crippen LogP) is 2.22. The van der Waals surface area contributed by atoms with Crippen LogP contribution in [-0.2, 0) is 14.8 Å². The van der Waals surface area contributed by atoms with Gasteiger partial charge in [0, 0.05) is 19.0 Å². The second-order valence-corrected chi connectivity index (χ2v) is 8.62. The van der Waals surface area contributed by atoms with Gasteiger partial charge in [-0.05, 0) is 31.5 Å². The standard InChI is InChI=1S/C20H19N5O3S/c1-14-7-9-16(10-8-14)29(27,28)25-12-11-17-19(25)21-13-18(22-17)23-24-20(26)15-5-3-2-4-6-15/h7-13,15H,3,5-6H2,1H3,(H,22,23)(H,24,26). The number of hydrogen-bond acceptors (Lipinski definition) is 6. The SMILES string of the molecule is Cc1ccc(S(=O)(=O)n2ccc3nc(NNC(=O)C4CC#CCC4)cnc32)cc1. The van der Waals surface area contributed by atoms with E-state index in [1.807, 2.05) is 6.92 Å². The average molecular weight is 409 g/mol. The molecule has 1 atom stereocenters. The Bertz CT molecular complexity index is 1240. The van der Waals surface area contributed by atoms with Crippen molar-refractivity contribution in [2.45, 2.75) is 31.1 Å². The maximum atomic E-state index is 12.9. The van der Waals surface area contributed by atoms with E-state index in [1.165, 1.54) is 12.4 Å². The Hall–Kier alpha value is -3.38. The van der Waals surface area contributed by atoms with Gasteiger partial charge in [-0.15, -0.1) is 11.8 Å². The van der Waals surface area contributed by atoms with E-state index < -0.39 is 10.0 Å². The summed E-state index contributed by atoms with van der Waals surface area (Å²) in [7, 11) is -3.78. The fourth-order valence-corrected chi connectivity index (χ4v) is 4.35. The summed E-state index contributed by atoms with van der Waals surface area (Å²) in [6, 6.07) is 8.17. The Kier molecular flexibility index (Phi) is 4.94. The number of carbonyl (C=O) groups is 1. The second-order valence-electron chi connectivity index (χ2n) is 6.80. The highest BCUT2D eigenvalue weighted by atomic mass is 32.2. The summed E-state index contributed by atoms with van der Waals surface area (Å²) >= 11 is 0. The molecule has 2 N–H and O–H groups in total. The van der Waals surface area contributed by atoms with Crippen LogP contribution in [0, 0.1) is 24.7 Å². The monoisotopic (exact) mass is 409 g/mol. The number of carbonyl (C=O) groups excluding carboxylic acids is 1. The van der Waals surface area contributed by atoms with E-state index in [2.05, 4.69) is 32.7 Å². The summed E-state index contributed by atoms with van der Waals surface area (Å²) in [6.45, 7) is 1.89. The molecule has 4 rings (SSSR count). The molecule has 0 aliphatic heterocycles. The molecule has 0 spiro atoms. The third-order valence-corrected chi connectivity index (χ3v) is 6.39. The lowest BCUT2D eigenvalue weighted by Gasteiger charge is -2.15. The highest BCUT2D eigenvalue weighted by Crippen LogP contribution is 2.21. The van der Waals surface area contributed by atoms with Crippen molar-refractivity contribution in [2.75, 3.05) is 5.43 Å². The third kappa shape index (κ3) is 3.79. The highest BCUT2D eigenvalue weighted by Gasteiger charge is 2.21. The zero-order valence-electron chi connectivity index (χ0n) is 15.7. The summed E-state index contributed by atoms with van der Waals surface area (Å²) in [5.74, 6) is 5.93. The van der Waals surface area contributed by atoms with E-state index in [0.29, 0.717) is 24.2 Å². The van der Waals surface area contributed by atoms with Crippen LogP contribution in [0.5, 0.6) is 0 Å². The van der Waals surface area contributed by atoms with Crippen molar-refractivity contribution >= 4 is 32.9 Å². The summed E-state index contributed by atoms with van der Waals surface area (Å²) in [4.78, 5) is 20.9. The number of amides is 1. The second kappa shape index (κ2) is 7.56. The van der Waals surface area contributed by atoms with Gasteiger partial charge in [-0.25, -0.2) is 22.4 Å². The molecule has 1 aromatic carbocycles. The molecule has 0 saturated heterocycles. The molecule has 148 valence electrons. The predicted molar refractivity (Wildman–Crippen MR) is 108 cm³/mol. The normalized spacial score (nSPS) is 16.1. The van der Waals surface area contributed by atoms with Gasteiger partial charge in [0.15, 0.2) is 11.5 Å². The molecule has 0 saturated carbocycles. The smallest absolute Gasteiger partial charge is 0.269 e. The first-order chi connectivity index (χ1) is 13.9. The molecule has 1 unspecified atom stereocenters. The van der Waals surface area contributed by atoms with Crippen LogP contribution in [0.1, 0.15) is 24.8 Å². The number of aryl methyl sites for hydroxylation is 1. The summed E-state index contributed by atoms with van der Waals surface area (Å²) in [5.41, 5.74) is 6.93. The number of anilines is 1. The van der Waals surface area contributed by atoms with Crippen molar-refractivity contribution in [3.8, 4) is 11.8 Å². The first-order valence-corrected chi connectivity index (χ1v) is 10.6. The van der Waals surface area contributed by atoms with Crippen molar-refractivity contribution in [1.29, 1.82) is 0 Å². The molecule has 1 aliphatic rings. The first-order valence-electron chi connectivity index (χ1n) is 9.13. The van der Waals surface area contributed by atoms with E-state index in [4.69, 9.17) is 0 Å². The van der Waals surface area contributed by atoms with Gasteiger partial charge in [-0.2, -0.15) is 0 Å². The van der Waals surface area contributed by atoms with E-state index in [1.54, 1.807) is 30.3 Å². The molecule has 8 nitrogen and oxygen atoms in total. The fourth-order valence-electron chi connectivity index (χ4n) is 3.05. The minimum atomic E-state index is -3.78. The molecule has 1 amide bonds. The molecule has 2 heterocycles. The number of hydrazine groups is 1. The number of nitrogens with zero attached hydrogens (tertiary/aromatic N) is 3. The Morgan fingerprint density at radius 3 is 2.72 bits per heavy atom. The van der Waals surface area contributed by atoms with E-state index in [0.717, 1.165) is 16.0 Å². The molecular formula is C20H19N5O3S. The average Bonchev–Trinajstić information content (AvgIpc) is 3.17. The zero-order chi connectivity index (χ0) is 20.4. The minimum absolute atomic E-state index is 0.152. The van der Waals surface area contributed by atoms with E-state index >= 15 is 0 Å². The van der Waals surface area contributed by atoms with Crippen LogP contribution in [0.25, 0.3) is 11.2 Å². The summed E-state index contributed by atoms with van der Waals surface area (Å²) in [5, 5.41) is 0. The first kappa shape index (κ1) is 19.0. The van der Waals surface area contributed by atoms with Crippen molar-refractivity contribution in [1.82, 2.24) is 19.4 Å². The van der Waals surface area contributed by atoms with Crippen molar-refractivity contribution in [3.63, 3.8) is 0 Å². The van der Waals surface area contributed by atoms with Crippen molar-refractivity contribution in [2.24, 2.45) is 5.92 Å². The Balaban J connectivity index is 1.54. The van der Waals surface area contributed by atoms with Crippen molar-refractivity contribution < 1.29 is 13.2 Å². The quantitative estimate of drug-likeness (QED) is 0.494. The van der Waals surface area contributed by atoms with Gasteiger partial charge in [0.2, 0.25) is 5.91 Å². The lowest BCUT2D eigenvalue weighted by molar-refractivity contribution is -0.124. The molecule has 0 fully saturated rings. The summed E-state index contributed by atoms with van der Waals surface area (Å²) in [6.07, 6.45) is 4.78. The van der Waals surface area contributed by atoms with Gasteiger partial charge in [-0.3, -0.25) is 15.6 Å². The van der Waals surface area contributed by atoms with Crippen molar-refractivity contribution in [3.05, 3.63) is 48.3 Å². The van der Waals surface area contributed by atoms with Crippen LogP contribution in [-0.4, -0.2) is 28.3 Å². The number of hydrogen-bond donors (Lipinski definition) is 2. The maximum absolute atomic E-state index is 12.9. The minimum Gasteiger partial charge on any atom is -0.281 e. The van der Waals surface area contributed by atoms with Crippen LogP contribution >= 0.6 is 0 Å². The number of aromatic nitrogens is 3. The molecule has 3 aromatic rings. The van der Waals surface area contributed by atoms with Crippen LogP contribution in [0.15, 0.2) is 47.6 Å². The van der Waals surface area contributed by atoms with Gasteiger partial charge >= 0.3 is 0 Å². The number of fused-ring (bicyclic) bond motifs is 1. The number of benzene rings is 1. The Morgan fingerprint density at radius 1 is 1.21 bits per heavy atom. The largest absolute Gasteiger partial charge is 0.281 e. The molecule has 9 heteroatoms. The molecule has 1 aliphatic carbocycles. The third-order valence-electron chi connectivity index (χ3n) is 4.71. The topological polar surface area (TPSA) is 106 Å². The van der Waals surface area contributed by atoms with Crippen LogP contribution in [0.4, 0.5) is 5.82 Å². The summed E-state index contributed by atoms with van der Waals surface area (Å²) < 4.78 is 26.9. The van der Waals surface area contributed by atoms with E-state index in [-0.39, 0.29) is 22.4 Å². The maximum Gasteiger partial charge on any atom is 0.269 e.